The highest BCUT2D eigenvalue weighted by atomic mass is 79.9. The van der Waals surface area contributed by atoms with Crippen LogP contribution in [-0.4, -0.2) is 49.3 Å². The van der Waals surface area contributed by atoms with E-state index in [1.165, 1.54) is 11.8 Å². The Hall–Kier alpha value is -0.860. The molecule has 0 radical (unpaired) electrons. The average Bonchev–Trinajstić information content (AvgIpc) is 2.82. The smallest absolute Gasteiger partial charge is 0.316 e. The Balaban J connectivity index is 1.71. The van der Waals surface area contributed by atoms with Gasteiger partial charge >= 0.3 is 5.97 Å². The number of hydrogen-bond acceptors (Lipinski definition) is 6. The van der Waals surface area contributed by atoms with E-state index in [9.17, 15) is 18.0 Å². The number of ether oxygens (including phenoxy) is 1. The Morgan fingerprint density at radius 1 is 1.27 bits per heavy atom. The molecule has 1 aromatic carbocycles. The average molecular weight is 407 g/mol. The number of carbonyl (C=O) groups excluding carboxylic acids is 2. The van der Waals surface area contributed by atoms with Gasteiger partial charge in [0.1, 0.15) is 0 Å². The van der Waals surface area contributed by atoms with Crippen LogP contribution in [0.15, 0.2) is 28.7 Å². The lowest BCUT2D eigenvalue weighted by molar-refractivity contribution is -0.139. The lowest BCUT2D eigenvalue weighted by Gasteiger charge is -2.07. The summed E-state index contributed by atoms with van der Waals surface area (Å²) >= 11 is 4.55. The molecule has 0 aromatic heterocycles. The third kappa shape index (κ3) is 5.40. The molecule has 1 aliphatic rings. The summed E-state index contributed by atoms with van der Waals surface area (Å²) in [6.07, 6.45) is 0.568. The normalized spacial score (nSPS) is 19.8. The summed E-state index contributed by atoms with van der Waals surface area (Å²) in [5, 5.41) is -0.0558. The van der Waals surface area contributed by atoms with Crippen molar-refractivity contribution in [2.45, 2.75) is 11.7 Å². The van der Waals surface area contributed by atoms with Crippen molar-refractivity contribution in [3.05, 3.63) is 34.3 Å². The van der Waals surface area contributed by atoms with Crippen molar-refractivity contribution in [1.82, 2.24) is 0 Å². The Morgan fingerprint density at radius 3 is 2.55 bits per heavy atom. The minimum atomic E-state index is -2.94. The molecule has 5 nitrogen and oxygen atoms in total. The number of esters is 1. The van der Waals surface area contributed by atoms with Gasteiger partial charge in [0.15, 0.2) is 22.2 Å². The number of benzene rings is 1. The van der Waals surface area contributed by atoms with E-state index in [4.69, 9.17) is 4.74 Å². The number of thioether (sulfide) groups is 1. The van der Waals surface area contributed by atoms with Crippen LogP contribution < -0.4 is 0 Å². The fourth-order valence-corrected chi connectivity index (χ4v) is 5.69. The molecule has 1 heterocycles. The van der Waals surface area contributed by atoms with Crippen LogP contribution >= 0.6 is 27.7 Å². The van der Waals surface area contributed by atoms with E-state index >= 15 is 0 Å². The molecule has 2 rings (SSSR count). The van der Waals surface area contributed by atoms with E-state index in [0.29, 0.717) is 12.0 Å². The number of rotatable bonds is 6. The molecule has 0 amide bonds. The summed E-state index contributed by atoms with van der Waals surface area (Å²) in [5.74, 6) is -0.410. The predicted molar refractivity (Wildman–Crippen MR) is 88.9 cm³/mol. The van der Waals surface area contributed by atoms with Gasteiger partial charge in [-0.1, -0.05) is 28.1 Å². The molecule has 0 N–H and O–H groups in total. The van der Waals surface area contributed by atoms with Crippen molar-refractivity contribution in [3.63, 3.8) is 0 Å². The summed E-state index contributed by atoms with van der Waals surface area (Å²) in [6.45, 7) is -0.302. The molecule has 8 heteroatoms. The molecular formula is C14H15BrO5S2. The first-order chi connectivity index (χ1) is 10.4. The molecule has 1 saturated heterocycles. The number of halogens is 1. The Labute approximate surface area is 141 Å². The maximum Gasteiger partial charge on any atom is 0.316 e. The van der Waals surface area contributed by atoms with E-state index in [-0.39, 0.29) is 34.9 Å². The molecule has 0 unspecified atom stereocenters. The van der Waals surface area contributed by atoms with Crippen LogP contribution in [-0.2, 0) is 19.4 Å². The highest BCUT2D eigenvalue weighted by Crippen LogP contribution is 2.24. The predicted octanol–water partition coefficient (Wildman–Crippen LogP) is 2.10. The van der Waals surface area contributed by atoms with Gasteiger partial charge in [0.25, 0.3) is 0 Å². The number of carbonyl (C=O) groups is 2. The van der Waals surface area contributed by atoms with Crippen LogP contribution in [0.4, 0.5) is 0 Å². The van der Waals surface area contributed by atoms with Crippen molar-refractivity contribution >= 4 is 49.3 Å². The van der Waals surface area contributed by atoms with Crippen LogP contribution in [0.1, 0.15) is 16.8 Å². The van der Waals surface area contributed by atoms with E-state index < -0.39 is 15.8 Å². The first-order valence-electron chi connectivity index (χ1n) is 6.62. The van der Waals surface area contributed by atoms with Crippen molar-refractivity contribution in [3.8, 4) is 0 Å². The molecule has 0 aliphatic carbocycles. The molecule has 1 aromatic rings. The maximum absolute atomic E-state index is 11.8. The third-order valence-electron chi connectivity index (χ3n) is 3.16. The lowest BCUT2D eigenvalue weighted by Crippen LogP contribution is -2.17. The summed E-state index contributed by atoms with van der Waals surface area (Å²) < 4.78 is 28.4. The van der Waals surface area contributed by atoms with Gasteiger partial charge in [-0.25, -0.2) is 8.42 Å². The standard InChI is InChI=1S/C14H15BrO5S2/c15-11-3-1-10(2-4-11)13(16)7-20-14(17)8-21-12-5-6-22(18,19)9-12/h1-4,12H,5-9H2/t12-/m1/s1. The van der Waals surface area contributed by atoms with Gasteiger partial charge in [-0.15, -0.1) is 11.8 Å². The molecular weight excluding hydrogens is 392 g/mol. The van der Waals surface area contributed by atoms with Crippen molar-refractivity contribution in [1.29, 1.82) is 0 Å². The fourth-order valence-electron chi connectivity index (χ4n) is 1.99. The van der Waals surface area contributed by atoms with Crippen molar-refractivity contribution in [2.24, 2.45) is 0 Å². The summed E-state index contributed by atoms with van der Waals surface area (Å²) in [6, 6.07) is 6.79. The van der Waals surface area contributed by atoms with Crippen LogP contribution in [0.3, 0.4) is 0 Å². The quantitative estimate of drug-likeness (QED) is 0.531. The van der Waals surface area contributed by atoms with E-state index in [1.807, 2.05) is 0 Å². The summed E-state index contributed by atoms with van der Waals surface area (Å²) in [5.41, 5.74) is 0.477. The van der Waals surface area contributed by atoms with Gasteiger partial charge in [-0.05, 0) is 18.6 Å². The Morgan fingerprint density at radius 2 is 1.95 bits per heavy atom. The monoisotopic (exact) mass is 406 g/mol. The highest BCUT2D eigenvalue weighted by Gasteiger charge is 2.28. The zero-order valence-electron chi connectivity index (χ0n) is 11.7. The third-order valence-corrected chi connectivity index (χ3v) is 6.94. The number of sulfone groups is 1. The second-order valence-electron chi connectivity index (χ2n) is 4.93. The summed E-state index contributed by atoms with van der Waals surface area (Å²) in [7, 11) is -2.94. The molecule has 1 atom stereocenters. The van der Waals surface area contributed by atoms with E-state index in [2.05, 4.69) is 15.9 Å². The lowest BCUT2D eigenvalue weighted by atomic mass is 10.1. The van der Waals surface area contributed by atoms with Gasteiger partial charge in [0.05, 0.1) is 17.3 Å². The topological polar surface area (TPSA) is 77.5 Å². The number of Topliss-reactive ketones (excluding diaryl/α,β-unsaturated/α-hetero) is 1. The van der Waals surface area contributed by atoms with Gasteiger partial charge in [0, 0.05) is 15.3 Å². The van der Waals surface area contributed by atoms with Crippen LogP contribution in [0.25, 0.3) is 0 Å². The van der Waals surface area contributed by atoms with Gasteiger partial charge in [-0.2, -0.15) is 0 Å². The zero-order chi connectivity index (χ0) is 16.2. The minimum Gasteiger partial charge on any atom is -0.457 e. The number of ketones is 1. The summed E-state index contributed by atoms with van der Waals surface area (Å²) in [4.78, 5) is 23.4. The second kappa shape index (κ2) is 7.61. The molecule has 1 fully saturated rings. The SMILES string of the molecule is O=C(CS[C@@H]1CCS(=O)(=O)C1)OCC(=O)c1ccc(Br)cc1. The van der Waals surface area contributed by atoms with Gasteiger partial charge < -0.3 is 4.74 Å². The molecule has 1 aliphatic heterocycles. The second-order valence-corrected chi connectivity index (χ2v) is 9.36. The Bertz CT molecular complexity index is 654. The van der Waals surface area contributed by atoms with Crippen LogP contribution in [0.2, 0.25) is 0 Å². The van der Waals surface area contributed by atoms with Gasteiger partial charge in [0.2, 0.25) is 0 Å². The maximum atomic E-state index is 11.8. The van der Waals surface area contributed by atoms with E-state index in [0.717, 1.165) is 4.47 Å². The molecule has 0 saturated carbocycles. The first kappa shape index (κ1) is 17.5. The molecule has 0 spiro atoms. The zero-order valence-corrected chi connectivity index (χ0v) is 14.9. The first-order valence-corrected chi connectivity index (χ1v) is 10.3. The van der Waals surface area contributed by atoms with Gasteiger partial charge in [-0.3, -0.25) is 9.59 Å². The van der Waals surface area contributed by atoms with Crippen molar-refractivity contribution < 1.29 is 22.7 Å². The Kier molecular flexibility index (Phi) is 6.05. The van der Waals surface area contributed by atoms with E-state index in [1.54, 1.807) is 24.3 Å². The van der Waals surface area contributed by atoms with Crippen molar-refractivity contribution in [2.75, 3.05) is 23.9 Å². The largest absolute Gasteiger partial charge is 0.457 e. The van der Waals surface area contributed by atoms with Crippen LogP contribution in [0, 0.1) is 0 Å². The highest BCUT2D eigenvalue weighted by molar-refractivity contribution is 9.10. The number of hydrogen-bond donors (Lipinski definition) is 0. The molecule has 22 heavy (non-hydrogen) atoms. The minimum absolute atomic E-state index is 0.0558. The molecule has 0 bridgehead atoms. The fraction of sp³-hybridized carbons (Fsp3) is 0.429. The van der Waals surface area contributed by atoms with Crippen LogP contribution in [0.5, 0.6) is 0 Å². The molecule has 120 valence electrons.